The molecule has 0 aliphatic heterocycles. The van der Waals surface area contributed by atoms with Crippen molar-refractivity contribution in [1.82, 2.24) is 9.97 Å². The van der Waals surface area contributed by atoms with Gasteiger partial charge in [0.05, 0.1) is 19.9 Å². The molecule has 0 fully saturated rings. The van der Waals surface area contributed by atoms with Crippen molar-refractivity contribution in [3.05, 3.63) is 36.0 Å². The van der Waals surface area contributed by atoms with Crippen molar-refractivity contribution in [2.75, 3.05) is 31.3 Å². The number of rotatable bonds is 12. The summed E-state index contributed by atoms with van der Waals surface area (Å²) in [6.45, 7) is 3.34. The van der Waals surface area contributed by atoms with E-state index in [1.54, 1.807) is 13.3 Å². The van der Waals surface area contributed by atoms with Gasteiger partial charge in [0, 0.05) is 6.04 Å². The van der Waals surface area contributed by atoms with Gasteiger partial charge in [-0.25, -0.2) is 4.98 Å². The largest absolute Gasteiger partial charge is 0.497 e. The van der Waals surface area contributed by atoms with Gasteiger partial charge in [0.2, 0.25) is 5.95 Å². The summed E-state index contributed by atoms with van der Waals surface area (Å²) in [6.07, 6.45) is 6.39. The highest BCUT2D eigenvalue weighted by molar-refractivity contribution is 5.51. The Labute approximate surface area is 161 Å². The fraction of sp³-hybridized carbons (Fsp3) is 0.500. The van der Waals surface area contributed by atoms with Gasteiger partial charge in [0.1, 0.15) is 5.75 Å². The average molecular weight is 374 g/mol. The molecule has 2 aromatic rings. The van der Waals surface area contributed by atoms with Crippen LogP contribution < -0.4 is 26.3 Å². The van der Waals surface area contributed by atoms with Crippen molar-refractivity contribution < 1.29 is 9.47 Å². The van der Waals surface area contributed by atoms with Crippen molar-refractivity contribution in [3.8, 4) is 11.5 Å². The number of nitrogens with one attached hydrogen (secondary N) is 1. The molecule has 0 bridgehead atoms. The van der Waals surface area contributed by atoms with Crippen molar-refractivity contribution in [1.29, 1.82) is 0 Å². The van der Waals surface area contributed by atoms with E-state index >= 15 is 0 Å². The SMILES string of the molecule is CCC[C@@H](CCN)Nc1nc(N)ncc1OCCCc1ccc(OC)cc1. The predicted molar refractivity (Wildman–Crippen MR) is 109 cm³/mol. The molecule has 1 atom stereocenters. The summed E-state index contributed by atoms with van der Waals surface area (Å²) >= 11 is 0. The number of anilines is 2. The van der Waals surface area contributed by atoms with Crippen LogP contribution in [0.5, 0.6) is 11.5 Å². The van der Waals surface area contributed by atoms with Crippen LogP contribution in [0.15, 0.2) is 30.5 Å². The lowest BCUT2D eigenvalue weighted by atomic mass is 10.1. The smallest absolute Gasteiger partial charge is 0.222 e. The summed E-state index contributed by atoms with van der Waals surface area (Å²) in [6, 6.07) is 8.32. The highest BCUT2D eigenvalue weighted by Gasteiger charge is 2.13. The predicted octanol–water partition coefficient (Wildman–Crippen LogP) is 3.01. The maximum Gasteiger partial charge on any atom is 0.222 e. The molecule has 0 radical (unpaired) electrons. The third kappa shape index (κ3) is 6.94. The zero-order valence-corrected chi connectivity index (χ0v) is 16.3. The molecule has 0 saturated carbocycles. The number of nitrogens with two attached hydrogens (primary N) is 2. The fourth-order valence-electron chi connectivity index (χ4n) is 2.88. The van der Waals surface area contributed by atoms with Crippen LogP contribution >= 0.6 is 0 Å². The molecule has 7 heteroatoms. The van der Waals surface area contributed by atoms with E-state index in [1.165, 1.54) is 5.56 Å². The van der Waals surface area contributed by atoms with E-state index in [0.29, 0.717) is 24.7 Å². The lowest BCUT2D eigenvalue weighted by Crippen LogP contribution is -2.24. The summed E-state index contributed by atoms with van der Waals surface area (Å²) in [5.74, 6) is 2.35. The zero-order valence-electron chi connectivity index (χ0n) is 16.3. The van der Waals surface area contributed by atoms with Gasteiger partial charge >= 0.3 is 0 Å². The van der Waals surface area contributed by atoms with Crippen LogP contribution in [-0.2, 0) is 6.42 Å². The lowest BCUT2D eigenvalue weighted by molar-refractivity contribution is 0.309. The Morgan fingerprint density at radius 1 is 1.19 bits per heavy atom. The number of nitrogen functional groups attached to an aromatic ring is 1. The molecule has 0 amide bonds. The minimum absolute atomic E-state index is 0.228. The Morgan fingerprint density at radius 3 is 2.63 bits per heavy atom. The molecule has 5 N–H and O–H groups in total. The van der Waals surface area contributed by atoms with Gasteiger partial charge in [-0.1, -0.05) is 25.5 Å². The molecule has 1 heterocycles. The molecule has 0 aliphatic rings. The highest BCUT2D eigenvalue weighted by atomic mass is 16.5. The third-order valence-electron chi connectivity index (χ3n) is 4.29. The number of methoxy groups -OCH3 is 1. The Kier molecular flexibility index (Phi) is 8.64. The van der Waals surface area contributed by atoms with Crippen LogP contribution in [0.2, 0.25) is 0 Å². The molecule has 1 aromatic carbocycles. The molecule has 0 saturated heterocycles. The first-order valence-corrected chi connectivity index (χ1v) is 9.51. The van der Waals surface area contributed by atoms with E-state index in [2.05, 4.69) is 34.3 Å². The second-order valence-electron chi connectivity index (χ2n) is 6.45. The normalized spacial score (nSPS) is 11.8. The number of hydrogen-bond acceptors (Lipinski definition) is 7. The van der Waals surface area contributed by atoms with Gasteiger partial charge in [0.25, 0.3) is 0 Å². The van der Waals surface area contributed by atoms with Gasteiger partial charge in [-0.15, -0.1) is 0 Å². The Bertz CT molecular complexity index is 673. The molecule has 0 spiro atoms. The number of aryl methyl sites for hydroxylation is 1. The summed E-state index contributed by atoms with van der Waals surface area (Å²) < 4.78 is 11.1. The summed E-state index contributed by atoms with van der Waals surface area (Å²) in [5.41, 5.74) is 12.7. The average Bonchev–Trinajstić information content (AvgIpc) is 2.67. The molecular weight excluding hydrogens is 342 g/mol. The minimum atomic E-state index is 0.228. The van der Waals surface area contributed by atoms with E-state index in [1.807, 2.05) is 12.1 Å². The Balaban J connectivity index is 1.90. The van der Waals surface area contributed by atoms with Gasteiger partial charge in [-0.3, -0.25) is 0 Å². The van der Waals surface area contributed by atoms with Gasteiger partial charge in [0.15, 0.2) is 11.6 Å². The van der Waals surface area contributed by atoms with E-state index < -0.39 is 0 Å². The fourth-order valence-corrected chi connectivity index (χ4v) is 2.88. The molecule has 2 rings (SSSR count). The minimum Gasteiger partial charge on any atom is -0.497 e. The monoisotopic (exact) mass is 373 g/mol. The third-order valence-corrected chi connectivity index (χ3v) is 4.29. The van der Waals surface area contributed by atoms with E-state index in [4.69, 9.17) is 20.9 Å². The summed E-state index contributed by atoms with van der Waals surface area (Å²) in [5, 5.41) is 3.41. The van der Waals surface area contributed by atoms with Gasteiger partial charge in [-0.2, -0.15) is 4.98 Å². The first kappa shape index (κ1) is 20.8. The molecule has 0 aliphatic carbocycles. The molecule has 1 aromatic heterocycles. The number of benzene rings is 1. The van der Waals surface area contributed by atoms with Crippen molar-refractivity contribution in [2.45, 2.75) is 45.1 Å². The quantitative estimate of drug-likeness (QED) is 0.491. The standard InChI is InChI=1S/C20H31N5O2/c1-3-5-16(11-12-21)24-19-18(14-23-20(22)25-19)27-13-4-6-15-7-9-17(26-2)10-8-15/h7-10,14,16H,3-6,11-13,21H2,1-2H3,(H3,22,23,24,25)/t16-/m0/s1. The van der Waals surface area contributed by atoms with E-state index in [0.717, 1.165) is 37.9 Å². The lowest BCUT2D eigenvalue weighted by Gasteiger charge is -2.20. The molecule has 27 heavy (non-hydrogen) atoms. The summed E-state index contributed by atoms with van der Waals surface area (Å²) in [4.78, 5) is 8.37. The van der Waals surface area contributed by atoms with E-state index in [9.17, 15) is 0 Å². The van der Waals surface area contributed by atoms with Crippen molar-refractivity contribution in [2.24, 2.45) is 5.73 Å². The van der Waals surface area contributed by atoms with Gasteiger partial charge < -0.3 is 26.3 Å². The first-order chi connectivity index (χ1) is 13.2. The van der Waals surface area contributed by atoms with Crippen LogP contribution in [0.3, 0.4) is 0 Å². The molecule has 7 nitrogen and oxygen atoms in total. The highest BCUT2D eigenvalue weighted by Crippen LogP contribution is 2.24. The number of nitrogens with zero attached hydrogens (tertiary/aromatic N) is 2. The molecule has 148 valence electrons. The van der Waals surface area contributed by atoms with Crippen molar-refractivity contribution in [3.63, 3.8) is 0 Å². The Morgan fingerprint density at radius 2 is 1.96 bits per heavy atom. The second-order valence-corrected chi connectivity index (χ2v) is 6.45. The first-order valence-electron chi connectivity index (χ1n) is 9.51. The number of ether oxygens (including phenoxy) is 2. The molecular formula is C20H31N5O2. The molecule has 0 unspecified atom stereocenters. The van der Waals surface area contributed by atoms with Crippen LogP contribution in [0.1, 0.15) is 38.2 Å². The van der Waals surface area contributed by atoms with Crippen molar-refractivity contribution >= 4 is 11.8 Å². The van der Waals surface area contributed by atoms with Crippen LogP contribution in [0.25, 0.3) is 0 Å². The number of hydrogen-bond donors (Lipinski definition) is 3. The second kappa shape index (κ2) is 11.2. The maximum absolute atomic E-state index is 5.92. The zero-order chi connectivity index (χ0) is 19.5. The number of aromatic nitrogens is 2. The van der Waals surface area contributed by atoms with Crippen LogP contribution in [0, 0.1) is 0 Å². The summed E-state index contributed by atoms with van der Waals surface area (Å²) in [7, 11) is 1.67. The van der Waals surface area contributed by atoms with Crippen LogP contribution in [-0.4, -0.2) is 36.3 Å². The maximum atomic E-state index is 5.92. The van der Waals surface area contributed by atoms with Gasteiger partial charge in [-0.05, 0) is 49.9 Å². The Hall–Kier alpha value is -2.54. The topological polar surface area (TPSA) is 108 Å². The van der Waals surface area contributed by atoms with Crippen LogP contribution in [0.4, 0.5) is 11.8 Å². The van der Waals surface area contributed by atoms with E-state index in [-0.39, 0.29) is 12.0 Å².